The lowest BCUT2D eigenvalue weighted by molar-refractivity contribution is 0.264. The highest BCUT2D eigenvalue weighted by atomic mass is 35.5. The summed E-state index contributed by atoms with van der Waals surface area (Å²) in [6.45, 7) is 2.19. The van der Waals surface area contributed by atoms with E-state index in [4.69, 9.17) is 20.8 Å². The summed E-state index contributed by atoms with van der Waals surface area (Å²) in [5.41, 5.74) is 2.91. The van der Waals surface area contributed by atoms with E-state index in [9.17, 15) is 0 Å². The standard InChI is InChI=1S/C19H14ClN3O2S/c1-12-11-26-19(21-12)14-4-8-16(9-5-14)24-10-17-22-23-18(25-17)13-2-6-15(20)7-3-13/h2-9,11H,10H2,1H3. The molecule has 2 heterocycles. The van der Waals surface area contributed by atoms with Crippen molar-refractivity contribution in [3.05, 3.63) is 70.5 Å². The van der Waals surface area contributed by atoms with Crippen molar-refractivity contribution in [2.75, 3.05) is 0 Å². The molecule has 5 nitrogen and oxygen atoms in total. The molecule has 2 aromatic heterocycles. The van der Waals surface area contributed by atoms with E-state index in [-0.39, 0.29) is 6.61 Å². The molecule has 0 unspecified atom stereocenters. The molecule has 0 bridgehead atoms. The van der Waals surface area contributed by atoms with E-state index in [1.807, 2.05) is 48.7 Å². The lowest BCUT2D eigenvalue weighted by Gasteiger charge is -2.04. The van der Waals surface area contributed by atoms with Crippen molar-refractivity contribution in [1.29, 1.82) is 0 Å². The number of nitrogens with zero attached hydrogens (tertiary/aromatic N) is 3. The van der Waals surface area contributed by atoms with Gasteiger partial charge in [-0.05, 0) is 55.5 Å². The number of ether oxygens (including phenoxy) is 1. The van der Waals surface area contributed by atoms with Crippen molar-refractivity contribution < 1.29 is 9.15 Å². The van der Waals surface area contributed by atoms with Crippen LogP contribution in [0.5, 0.6) is 5.75 Å². The molecule has 0 atom stereocenters. The van der Waals surface area contributed by atoms with Crippen molar-refractivity contribution in [2.45, 2.75) is 13.5 Å². The Morgan fingerprint density at radius 1 is 1.00 bits per heavy atom. The topological polar surface area (TPSA) is 61.0 Å². The molecule has 26 heavy (non-hydrogen) atoms. The molecule has 0 amide bonds. The van der Waals surface area contributed by atoms with Gasteiger partial charge in [-0.2, -0.15) is 0 Å². The van der Waals surface area contributed by atoms with Crippen LogP contribution in [0.4, 0.5) is 0 Å². The number of benzene rings is 2. The van der Waals surface area contributed by atoms with Crippen molar-refractivity contribution in [1.82, 2.24) is 15.2 Å². The molecule has 0 radical (unpaired) electrons. The fraction of sp³-hybridized carbons (Fsp3) is 0.105. The average molecular weight is 384 g/mol. The number of aryl methyl sites for hydroxylation is 1. The normalized spacial score (nSPS) is 10.8. The number of rotatable bonds is 5. The van der Waals surface area contributed by atoms with Crippen molar-refractivity contribution in [2.24, 2.45) is 0 Å². The van der Waals surface area contributed by atoms with Crippen LogP contribution in [0.15, 0.2) is 58.3 Å². The summed E-state index contributed by atoms with van der Waals surface area (Å²) in [4.78, 5) is 4.48. The van der Waals surface area contributed by atoms with Gasteiger partial charge in [0.25, 0.3) is 5.89 Å². The third kappa shape index (κ3) is 3.76. The monoisotopic (exact) mass is 383 g/mol. The molecule has 0 saturated heterocycles. The van der Waals surface area contributed by atoms with Gasteiger partial charge >= 0.3 is 0 Å². The predicted octanol–water partition coefficient (Wildman–Crippen LogP) is 5.40. The highest BCUT2D eigenvalue weighted by Gasteiger charge is 2.09. The van der Waals surface area contributed by atoms with Crippen LogP contribution in [-0.2, 0) is 6.61 Å². The van der Waals surface area contributed by atoms with Gasteiger partial charge in [0.05, 0.1) is 0 Å². The number of aromatic nitrogens is 3. The maximum absolute atomic E-state index is 5.88. The molecule has 130 valence electrons. The van der Waals surface area contributed by atoms with Crippen LogP contribution in [0.25, 0.3) is 22.0 Å². The van der Waals surface area contributed by atoms with E-state index in [0.29, 0.717) is 16.8 Å². The average Bonchev–Trinajstić information content (AvgIpc) is 3.30. The van der Waals surface area contributed by atoms with Gasteiger partial charge in [0.1, 0.15) is 10.8 Å². The maximum Gasteiger partial charge on any atom is 0.254 e. The van der Waals surface area contributed by atoms with E-state index < -0.39 is 0 Å². The minimum atomic E-state index is 0.205. The molecule has 0 fully saturated rings. The highest BCUT2D eigenvalue weighted by Crippen LogP contribution is 2.26. The van der Waals surface area contributed by atoms with Crippen LogP contribution in [-0.4, -0.2) is 15.2 Å². The molecule has 0 N–H and O–H groups in total. The van der Waals surface area contributed by atoms with Crippen LogP contribution < -0.4 is 4.74 Å². The zero-order valence-corrected chi connectivity index (χ0v) is 15.4. The van der Waals surface area contributed by atoms with Gasteiger partial charge in [-0.3, -0.25) is 0 Å². The number of hydrogen-bond donors (Lipinski definition) is 0. The summed E-state index contributed by atoms with van der Waals surface area (Å²) in [6, 6.07) is 15.0. The van der Waals surface area contributed by atoms with Gasteiger partial charge in [-0.15, -0.1) is 21.5 Å². The first-order valence-electron chi connectivity index (χ1n) is 7.91. The van der Waals surface area contributed by atoms with Crippen molar-refractivity contribution >= 4 is 22.9 Å². The van der Waals surface area contributed by atoms with Crippen molar-refractivity contribution in [3.8, 4) is 27.8 Å². The third-order valence-corrected chi connectivity index (χ3v) is 4.90. The number of halogens is 1. The quantitative estimate of drug-likeness (QED) is 0.461. The Hall–Kier alpha value is -2.70. The largest absolute Gasteiger partial charge is 0.484 e. The van der Waals surface area contributed by atoms with Gasteiger partial charge in [0.15, 0.2) is 6.61 Å². The summed E-state index contributed by atoms with van der Waals surface area (Å²) >= 11 is 7.51. The minimum absolute atomic E-state index is 0.205. The van der Waals surface area contributed by atoms with Crippen LogP contribution in [0, 0.1) is 6.92 Å². The van der Waals surface area contributed by atoms with Crippen LogP contribution in [0.2, 0.25) is 5.02 Å². The van der Waals surface area contributed by atoms with E-state index in [1.54, 1.807) is 23.5 Å². The van der Waals surface area contributed by atoms with E-state index >= 15 is 0 Å². The van der Waals surface area contributed by atoms with Crippen LogP contribution >= 0.6 is 22.9 Å². The highest BCUT2D eigenvalue weighted by molar-refractivity contribution is 7.13. The minimum Gasteiger partial charge on any atom is -0.484 e. The molecule has 4 rings (SSSR count). The molecule has 0 aliphatic rings. The van der Waals surface area contributed by atoms with Gasteiger partial charge < -0.3 is 9.15 Å². The predicted molar refractivity (Wildman–Crippen MR) is 101 cm³/mol. The summed E-state index contributed by atoms with van der Waals surface area (Å²) in [6.07, 6.45) is 0. The summed E-state index contributed by atoms with van der Waals surface area (Å²) in [5, 5.41) is 11.7. The molecular weight excluding hydrogens is 370 g/mol. The van der Waals surface area contributed by atoms with E-state index in [0.717, 1.165) is 27.6 Å². The summed E-state index contributed by atoms with van der Waals surface area (Å²) in [5.74, 6) is 1.58. The Kier molecular flexibility index (Phi) is 4.69. The lowest BCUT2D eigenvalue weighted by atomic mass is 10.2. The zero-order valence-electron chi connectivity index (χ0n) is 13.8. The molecule has 4 aromatic rings. The fourth-order valence-electron chi connectivity index (χ4n) is 2.35. The fourth-order valence-corrected chi connectivity index (χ4v) is 3.28. The van der Waals surface area contributed by atoms with E-state index in [1.165, 1.54) is 0 Å². The second kappa shape index (κ2) is 7.27. The molecule has 7 heteroatoms. The molecular formula is C19H14ClN3O2S. The molecule has 0 aliphatic heterocycles. The first kappa shape index (κ1) is 16.8. The SMILES string of the molecule is Cc1csc(-c2ccc(OCc3nnc(-c4ccc(Cl)cc4)o3)cc2)n1. The molecule has 0 aliphatic carbocycles. The Morgan fingerprint density at radius 2 is 1.73 bits per heavy atom. The zero-order chi connectivity index (χ0) is 17.9. The third-order valence-electron chi connectivity index (χ3n) is 3.64. The van der Waals surface area contributed by atoms with Gasteiger partial charge in [0.2, 0.25) is 5.89 Å². The molecule has 2 aromatic carbocycles. The summed E-state index contributed by atoms with van der Waals surface area (Å²) in [7, 11) is 0. The van der Waals surface area contributed by atoms with Gasteiger partial charge in [-0.1, -0.05) is 11.6 Å². The Balaban J connectivity index is 1.40. The second-order valence-electron chi connectivity index (χ2n) is 5.61. The lowest BCUT2D eigenvalue weighted by Crippen LogP contribution is -1.95. The van der Waals surface area contributed by atoms with Gasteiger partial charge in [0, 0.05) is 27.2 Å². The first-order chi connectivity index (χ1) is 12.7. The Labute approximate surface area is 159 Å². The summed E-state index contributed by atoms with van der Waals surface area (Å²) < 4.78 is 11.4. The smallest absolute Gasteiger partial charge is 0.254 e. The van der Waals surface area contributed by atoms with Crippen LogP contribution in [0.1, 0.15) is 11.6 Å². The Bertz CT molecular complexity index is 1010. The first-order valence-corrected chi connectivity index (χ1v) is 9.17. The number of thiazole rings is 1. The van der Waals surface area contributed by atoms with E-state index in [2.05, 4.69) is 15.2 Å². The number of hydrogen-bond acceptors (Lipinski definition) is 6. The molecule has 0 spiro atoms. The second-order valence-corrected chi connectivity index (χ2v) is 6.91. The molecule has 0 saturated carbocycles. The maximum atomic E-state index is 5.88. The van der Waals surface area contributed by atoms with Crippen LogP contribution in [0.3, 0.4) is 0 Å². The van der Waals surface area contributed by atoms with Crippen molar-refractivity contribution in [3.63, 3.8) is 0 Å². The van der Waals surface area contributed by atoms with Gasteiger partial charge in [-0.25, -0.2) is 4.98 Å². The Morgan fingerprint density at radius 3 is 2.42 bits per heavy atom.